The van der Waals surface area contributed by atoms with Crippen molar-refractivity contribution in [3.8, 4) is 0 Å². The molecule has 0 spiro atoms. The fraction of sp³-hybridized carbons (Fsp3) is 1.00. The summed E-state index contributed by atoms with van der Waals surface area (Å²) in [5, 5.41) is 9.69. The summed E-state index contributed by atoms with van der Waals surface area (Å²) in [7, 11) is 0. The standard InChI is InChI=1S/C6H13NOS2/c7-3-6(8)4-9-1-2-10-5-6/h8H,1-5,7H2. The van der Waals surface area contributed by atoms with Crippen LogP contribution in [0.5, 0.6) is 0 Å². The largest absolute Gasteiger partial charge is 0.387 e. The van der Waals surface area contributed by atoms with Gasteiger partial charge in [0.2, 0.25) is 0 Å². The minimum absolute atomic E-state index is 0.396. The fourth-order valence-corrected chi connectivity index (χ4v) is 3.36. The van der Waals surface area contributed by atoms with Gasteiger partial charge in [-0.15, -0.1) is 0 Å². The van der Waals surface area contributed by atoms with Crippen LogP contribution in [0.2, 0.25) is 0 Å². The second kappa shape index (κ2) is 3.85. The zero-order chi connectivity index (χ0) is 7.45. The summed E-state index contributed by atoms with van der Waals surface area (Å²) in [6.45, 7) is 0.396. The van der Waals surface area contributed by atoms with Crippen molar-refractivity contribution < 1.29 is 5.11 Å². The Morgan fingerprint density at radius 3 is 2.20 bits per heavy atom. The van der Waals surface area contributed by atoms with Crippen LogP contribution in [0.1, 0.15) is 0 Å². The van der Waals surface area contributed by atoms with Crippen molar-refractivity contribution in [2.24, 2.45) is 5.73 Å². The van der Waals surface area contributed by atoms with E-state index in [0.29, 0.717) is 6.54 Å². The average molecular weight is 179 g/mol. The van der Waals surface area contributed by atoms with Gasteiger partial charge in [-0.3, -0.25) is 0 Å². The van der Waals surface area contributed by atoms with Crippen LogP contribution in [0.25, 0.3) is 0 Å². The molecule has 1 rings (SSSR count). The van der Waals surface area contributed by atoms with E-state index in [1.54, 1.807) is 23.5 Å². The molecule has 2 nitrogen and oxygen atoms in total. The molecule has 1 heterocycles. The van der Waals surface area contributed by atoms with E-state index >= 15 is 0 Å². The summed E-state index contributed by atoms with van der Waals surface area (Å²) < 4.78 is 0. The third-order valence-electron chi connectivity index (χ3n) is 1.49. The molecule has 0 aromatic rings. The van der Waals surface area contributed by atoms with Crippen molar-refractivity contribution in [2.75, 3.05) is 29.6 Å². The van der Waals surface area contributed by atoms with Gasteiger partial charge in [-0.25, -0.2) is 0 Å². The molecule has 1 aliphatic heterocycles. The molecule has 10 heavy (non-hydrogen) atoms. The molecule has 0 amide bonds. The maximum atomic E-state index is 9.69. The second-order valence-corrected chi connectivity index (χ2v) is 4.74. The second-order valence-electron chi connectivity index (χ2n) is 2.53. The Balaban J connectivity index is 2.41. The van der Waals surface area contributed by atoms with E-state index < -0.39 is 5.60 Å². The van der Waals surface area contributed by atoms with Crippen LogP contribution in [0, 0.1) is 0 Å². The maximum absolute atomic E-state index is 9.69. The minimum Gasteiger partial charge on any atom is -0.387 e. The van der Waals surface area contributed by atoms with E-state index in [1.807, 2.05) is 0 Å². The van der Waals surface area contributed by atoms with Crippen LogP contribution in [0.15, 0.2) is 0 Å². The van der Waals surface area contributed by atoms with E-state index in [9.17, 15) is 5.11 Å². The number of thioether (sulfide) groups is 2. The third-order valence-corrected chi connectivity index (χ3v) is 4.22. The van der Waals surface area contributed by atoms with Gasteiger partial charge in [0.05, 0.1) is 5.60 Å². The molecule has 1 aliphatic rings. The van der Waals surface area contributed by atoms with Crippen LogP contribution < -0.4 is 5.73 Å². The topological polar surface area (TPSA) is 46.2 Å². The molecule has 0 unspecified atom stereocenters. The van der Waals surface area contributed by atoms with Crippen LogP contribution >= 0.6 is 23.5 Å². The molecule has 0 aliphatic carbocycles. The van der Waals surface area contributed by atoms with Crippen molar-refractivity contribution in [3.63, 3.8) is 0 Å². The molecule has 60 valence electrons. The summed E-state index contributed by atoms with van der Waals surface area (Å²) >= 11 is 3.59. The predicted molar refractivity (Wildman–Crippen MR) is 48.7 cm³/mol. The number of hydrogen-bond donors (Lipinski definition) is 2. The molecule has 0 aromatic heterocycles. The molecule has 1 fully saturated rings. The Morgan fingerprint density at radius 2 is 1.80 bits per heavy atom. The van der Waals surface area contributed by atoms with Crippen LogP contribution in [-0.2, 0) is 0 Å². The lowest BCUT2D eigenvalue weighted by Crippen LogP contribution is -2.42. The average Bonchev–Trinajstić information content (AvgIpc) is 2.15. The highest BCUT2D eigenvalue weighted by Gasteiger charge is 2.26. The summed E-state index contributed by atoms with van der Waals surface area (Å²) in [5.74, 6) is 3.90. The minimum atomic E-state index is -0.591. The van der Waals surface area contributed by atoms with Gasteiger partial charge in [-0.05, 0) is 0 Å². The first kappa shape index (κ1) is 8.71. The molecule has 0 aromatic carbocycles. The monoisotopic (exact) mass is 179 g/mol. The van der Waals surface area contributed by atoms with Crippen molar-refractivity contribution >= 4 is 23.5 Å². The number of nitrogens with two attached hydrogens (primary N) is 1. The first-order valence-corrected chi connectivity index (χ1v) is 5.66. The van der Waals surface area contributed by atoms with Gasteiger partial charge in [-0.2, -0.15) is 23.5 Å². The fourth-order valence-electron chi connectivity index (χ4n) is 0.802. The Kier molecular flexibility index (Phi) is 3.36. The first-order valence-electron chi connectivity index (χ1n) is 3.35. The van der Waals surface area contributed by atoms with Crippen molar-refractivity contribution in [3.05, 3.63) is 0 Å². The Labute approximate surface area is 69.9 Å². The van der Waals surface area contributed by atoms with Gasteiger partial charge in [0.1, 0.15) is 0 Å². The van der Waals surface area contributed by atoms with Gasteiger partial charge in [0, 0.05) is 29.6 Å². The SMILES string of the molecule is NCC1(O)CSCCSC1. The van der Waals surface area contributed by atoms with E-state index in [4.69, 9.17) is 5.73 Å². The molecule has 3 N–H and O–H groups in total. The first-order chi connectivity index (χ1) is 4.77. The van der Waals surface area contributed by atoms with Gasteiger partial charge in [0.15, 0.2) is 0 Å². The molecule has 0 radical (unpaired) electrons. The zero-order valence-corrected chi connectivity index (χ0v) is 7.51. The van der Waals surface area contributed by atoms with Gasteiger partial charge < -0.3 is 10.8 Å². The van der Waals surface area contributed by atoms with Crippen molar-refractivity contribution in [2.45, 2.75) is 5.60 Å². The van der Waals surface area contributed by atoms with E-state index in [-0.39, 0.29) is 0 Å². The Hall–Kier alpha value is 0.620. The smallest absolute Gasteiger partial charge is 0.0948 e. The Morgan fingerprint density at radius 1 is 1.30 bits per heavy atom. The highest BCUT2D eigenvalue weighted by molar-refractivity contribution is 8.03. The van der Waals surface area contributed by atoms with Crippen molar-refractivity contribution in [1.82, 2.24) is 0 Å². The molecule has 0 atom stereocenters. The van der Waals surface area contributed by atoms with Gasteiger partial charge in [-0.1, -0.05) is 0 Å². The van der Waals surface area contributed by atoms with Crippen LogP contribution in [-0.4, -0.2) is 40.3 Å². The normalized spacial score (nSPS) is 25.8. The predicted octanol–water partition coefficient (Wildman–Crippen LogP) is 0.156. The molecule has 4 heteroatoms. The molecule has 1 saturated heterocycles. The highest BCUT2D eigenvalue weighted by atomic mass is 32.2. The van der Waals surface area contributed by atoms with E-state index in [2.05, 4.69) is 0 Å². The summed E-state index contributed by atoms with van der Waals surface area (Å²) in [4.78, 5) is 0. The molecule has 0 saturated carbocycles. The zero-order valence-electron chi connectivity index (χ0n) is 5.88. The van der Waals surface area contributed by atoms with Gasteiger partial charge in [0.25, 0.3) is 0 Å². The molecular weight excluding hydrogens is 166 g/mol. The quantitative estimate of drug-likeness (QED) is 0.602. The summed E-state index contributed by atoms with van der Waals surface area (Å²) in [6.07, 6.45) is 0. The lowest BCUT2D eigenvalue weighted by Gasteiger charge is -2.22. The summed E-state index contributed by atoms with van der Waals surface area (Å²) in [5.41, 5.74) is 4.84. The maximum Gasteiger partial charge on any atom is 0.0948 e. The number of aliphatic hydroxyl groups is 1. The van der Waals surface area contributed by atoms with E-state index in [1.165, 1.54) is 0 Å². The van der Waals surface area contributed by atoms with Crippen LogP contribution in [0.3, 0.4) is 0 Å². The van der Waals surface area contributed by atoms with E-state index in [0.717, 1.165) is 23.0 Å². The number of hydrogen-bond acceptors (Lipinski definition) is 4. The van der Waals surface area contributed by atoms with Crippen LogP contribution in [0.4, 0.5) is 0 Å². The van der Waals surface area contributed by atoms with Gasteiger partial charge >= 0.3 is 0 Å². The third kappa shape index (κ3) is 2.34. The molecule has 0 bridgehead atoms. The van der Waals surface area contributed by atoms with Crippen molar-refractivity contribution in [1.29, 1.82) is 0 Å². The number of rotatable bonds is 1. The lowest BCUT2D eigenvalue weighted by molar-refractivity contribution is 0.100. The lowest BCUT2D eigenvalue weighted by atomic mass is 10.1. The summed E-state index contributed by atoms with van der Waals surface area (Å²) in [6, 6.07) is 0. The molecular formula is C6H13NOS2. The Bertz CT molecular complexity index is 102. The highest BCUT2D eigenvalue weighted by Crippen LogP contribution is 2.23.